The fourth-order valence-corrected chi connectivity index (χ4v) is 3.03. The van der Waals surface area contributed by atoms with Gasteiger partial charge in [-0.1, -0.05) is 74.9 Å². The van der Waals surface area contributed by atoms with Crippen LogP contribution in [0.15, 0.2) is 67.4 Å². The third-order valence-electron chi connectivity index (χ3n) is 4.33. The molecule has 25 heavy (non-hydrogen) atoms. The van der Waals surface area contributed by atoms with Gasteiger partial charge < -0.3 is 5.32 Å². The van der Waals surface area contributed by atoms with Gasteiger partial charge in [0.2, 0.25) is 0 Å². The van der Waals surface area contributed by atoms with Gasteiger partial charge in [0.25, 0.3) is 0 Å². The molecule has 0 fully saturated rings. The molecule has 0 aliphatic rings. The second kappa shape index (κ2) is 10.1. The molecule has 0 amide bonds. The summed E-state index contributed by atoms with van der Waals surface area (Å²) in [5.74, 6) is 0. The molecule has 0 spiro atoms. The molecular weight excluding hydrogens is 326 g/mol. The fraction of sp³-hybridized carbons (Fsp3) is 0.304. The van der Waals surface area contributed by atoms with Crippen molar-refractivity contribution < 1.29 is 0 Å². The zero-order chi connectivity index (χ0) is 18.1. The normalized spacial score (nSPS) is 10.5. The van der Waals surface area contributed by atoms with E-state index in [1.54, 1.807) is 0 Å². The van der Waals surface area contributed by atoms with Crippen LogP contribution in [-0.4, -0.2) is 0 Å². The summed E-state index contributed by atoms with van der Waals surface area (Å²) in [5, 5.41) is 4.24. The Balaban J connectivity index is 1.89. The summed E-state index contributed by atoms with van der Waals surface area (Å²) < 4.78 is 0. The van der Waals surface area contributed by atoms with Gasteiger partial charge in [-0.25, -0.2) is 0 Å². The van der Waals surface area contributed by atoms with Crippen molar-refractivity contribution in [3.63, 3.8) is 0 Å². The van der Waals surface area contributed by atoms with E-state index in [1.165, 1.54) is 30.4 Å². The predicted octanol–water partition coefficient (Wildman–Crippen LogP) is 7.49. The van der Waals surface area contributed by atoms with Gasteiger partial charge in [0.15, 0.2) is 0 Å². The van der Waals surface area contributed by atoms with Crippen LogP contribution in [0.3, 0.4) is 0 Å². The number of nitrogens with one attached hydrogen (secondary N) is 1. The first-order chi connectivity index (χ1) is 12.1. The van der Waals surface area contributed by atoms with E-state index in [-0.39, 0.29) is 0 Å². The number of allylic oxidation sites excluding steroid dienone is 2. The third kappa shape index (κ3) is 6.43. The Morgan fingerprint density at radius 1 is 1.00 bits per heavy atom. The van der Waals surface area contributed by atoms with Crippen LogP contribution in [0.25, 0.3) is 5.57 Å². The van der Waals surface area contributed by atoms with Gasteiger partial charge >= 0.3 is 0 Å². The van der Waals surface area contributed by atoms with E-state index in [9.17, 15) is 0 Å². The molecule has 1 nitrogen and oxygen atoms in total. The molecule has 0 bridgehead atoms. The van der Waals surface area contributed by atoms with Crippen LogP contribution >= 0.6 is 11.6 Å². The number of benzene rings is 2. The zero-order valence-electron chi connectivity index (χ0n) is 15.2. The van der Waals surface area contributed by atoms with Crippen molar-refractivity contribution in [3.05, 3.63) is 83.5 Å². The highest BCUT2D eigenvalue weighted by Crippen LogP contribution is 2.24. The van der Waals surface area contributed by atoms with Crippen LogP contribution in [-0.2, 0) is 6.42 Å². The highest BCUT2D eigenvalue weighted by atomic mass is 35.5. The summed E-state index contributed by atoms with van der Waals surface area (Å²) in [6, 6.07) is 16.4. The van der Waals surface area contributed by atoms with Gasteiger partial charge in [0, 0.05) is 16.4 Å². The molecule has 0 aliphatic carbocycles. The molecule has 2 rings (SSSR count). The summed E-state index contributed by atoms with van der Waals surface area (Å²) in [6.45, 7) is 10.6. The molecule has 0 unspecified atom stereocenters. The monoisotopic (exact) mass is 353 g/mol. The maximum atomic E-state index is 6.22. The maximum Gasteiger partial charge on any atom is 0.0438 e. The molecular formula is C23H28ClN. The maximum absolute atomic E-state index is 6.22. The molecule has 0 aliphatic heterocycles. The first-order valence-corrected chi connectivity index (χ1v) is 9.44. The van der Waals surface area contributed by atoms with Crippen LogP contribution in [0.1, 0.15) is 50.2 Å². The number of unbranched alkanes of at least 4 members (excludes halogenated alkanes) is 2. The lowest BCUT2D eigenvalue weighted by atomic mass is 10.0. The van der Waals surface area contributed by atoms with Crippen molar-refractivity contribution in [2.75, 3.05) is 5.32 Å². The predicted molar refractivity (Wildman–Crippen MR) is 112 cm³/mol. The second-order valence-electron chi connectivity index (χ2n) is 6.46. The van der Waals surface area contributed by atoms with Crippen LogP contribution < -0.4 is 5.32 Å². The van der Waals surface area contributed by atoms with E-state index >= 15 is 0 Å². The molecule has 0 heterocycles. The average molecular weight is 354 g/mol. The van der Waals surface area contributed by atoms with E-state index in [4.69, 9.17) is 11.6 Å². The minimum absolute atomic E-state index is 0.820. The van der Waals surface area contributed by atoms with Gasteiger partial charge in [-0.05, 0) is 60.6 Å². The molecule has 0 saturated heterocycles. The average Bonchev–Trinajstić information content (AvgIpc) is 2.61. The first kappa shape index (κ1) is 19.3. The van der Waals surface area contributed by atoms with Crippen LogP contribution in [0.4, 0.5) is 5.69 Å². The largest absolute Gasteiger partial charge is 0.359 e. The van der Waals surface area contributed by atoms with E-state index in [0.717, 1.165) is 41.2 Å². The third-order valence-corrected chi connectivity index (χ3v) is 4.70. The summed E-state index contributed by atoms with van der Waals surface area (Å²) in [5.41, 5.74) is 5.64. The molecule has 0 saturated carbocycles. The smallest absolute Gasteiger partial charge is 0.0438 e. The molecule has 2 aromatic carbocycles. The molecule has 2 heteroatoms. The number of halogens is 1. The van der Waals surface area contributed by atoms with Crippen LogP contribution in [0, 0.1) is 0 Å². The SMILES string of the molecule is C=C(CCc1ccccc1Cl)Nc1cccc(C(=C)CCCCC)c1. The van der Waals surface area contributed by atoms with E-state index < -0.39 is 0 Å². The summed E-state index contributed by atoms with van der Waals surface area (Å²) in [7, 11) is 0. The molecule has 0 aromatic heterocycles. The van der Waals surface area contributed by atoms with Gasteiger partial charge in [-0.15, -0.1) is 0 Å². The van der Waals surface area contributed by atoms with Crippen molar-refractivity contribution in [2.45, 2.75) is 45.4 Å². The van der Waals surface area contributed by atoms with Crippen LogP contribution in [0.5, 0.6) is 0 Å². The Morgan fingerprint density at radius 2 is 1.80 bits per heavy atom. The lowest BCUT2D eigenvalue weighted by molar-refractivity contribution is 0.736. The number of hydrogen-bond donors (Lipinski definition) is 1. The molecule has 132 valence electrons. The van der Waals surface area contributed by atoms with Crippen molar-refractivity contribution >= 4 is 22.9 Å². The molecule has 1 N–H and O–H groups in total. The highest BCUT2D eigenvalue weighted by molar-refractivity contribution is 6.31. The topological polar surface area (TPSA) is 12.0 Å². The Bertz CT molecular complexity index is 718. The number of anilines is 1. The lowest BCUT2D eigenvalue weighted by Crippen LogP contribution is -2.00. The van der Waals surface area contributed by atoms with E-state index in [1.807, 2.05) is 18.2 Å². The van der Waals surface area contributed by atoms with E-state index in [0.29, 0.717) is 0 Å². The van der Waals surface area contributed by atoms with Crippen molar-refractivity contribution in [2.24, 2.45) is 0 Å². The quantitative estimate of drug-likeness (QED) is 0.436. The van der Waals surface area contributed by atoms with Gasteiger partial charge in [0.1, 0.15) is 0 Å². The highest BCUT2D eigenvalue weighted by Gasteiger charge is 2.04. The van der Waals surface area contributed by atoms with Gasteiger partial charge in [-0.2, -0.15) is 0 Å². The minimum Gasteiger partial charge on any atom is -0.359 e. The Hall–Kier alpha value is -1.99. The Kier molecular flexibility index (Phi) is 7.81. The number of rotatable bonds is 10. The minimum atomic E-state index is 0.820. The van der Waals surface area contributed by atoms with E-state index in [2.05, 4.69) is 55.7 Å². The number of hydrogen-bond acceptors (Lipinski definition) is 1. The Labute approximate surface area is 157 Å². The summed E-state index contributed by atoms with van der Waals surface area (Å²) in [6.07, 6.45) is 6.50. The standard InChI is InChI=1S/C23H28ClN/c1-4-5-6-10-18(2)21-12-9-13-22(17-21)25-19(3)15-16-20-11-7-8-14-23(20)24/h7-9,11-14,17,25H,2-6,10,15-16H2,1H3. The number of aryl methyl sites for hydroxylation is 1. The van der Waals surface area contributed by atoms with Crippen molar-refractivity contribution in [3.8, 4) is 0 Å². The molecule has 2 aromatic rings. The van der Waals surface area contributed by atoms with Gasteiger partial charge in [-0.3, -0.25) is 0 Å². The zero-order valence-corrected chi connectivity index (χ0v) is 15.9. The van der Waals surface area contributed by atoms with Crippen molar-refractivity contribution in [1.29, 1.82) is 0 Å². The fourth-order valence-electron chi connectivity index (χ4n) is 2.80. The van der Waals surface area contributed by atoms with Crippen molar-refractivity contribution in [1.82, 2.24) is 0 Å². The van der Waals surface area contributed by atoms with Gasteiger partial charge in [0.05, 0.1) is 0 Å². The Morgan fingerprint density at radius 3 is 2.56 bits per heavy atom. The second-order valence-corrected chi connectivity index (χ2v) is 6.87. The lowest BCUT2D eigenvalue weighted by Gasteiger charge is -2.12. The summed E-state index contributed by atoms with van der Waals surface area (Å²) in [4.78, 5) is 0. The first-order valence-electron chi connectivity index (χ1n) is 9.06. The molecule has 0 atom stereocenters. The summed E-state index contributed by atoms with van der Waals surface area (Å²) >= 11 is 6.22. The molecule has 0 radical (unpaired) electrons. The van der Waals surface area contributed by atoms with Crippen LogP contribution in [0.2, 0.25) is 5.02 Å².